The van der Waals surface area contributed by atoms with Crippen LogP contribution in [0.15, 0.2) is 42.5 Å². The number of ether oxygens (including phenoxy) is 1. The van der Waals surface area contributed by atoms with E-state index >= 15 is 0 Å². The summed E-state index contributed by atoms with van der Waals surface area (Å²) in [5.74, 6) is 1.09. The van der Waals surface area contributed by atoms with Crippen molar-refractivity contribution in [2.75, 3.05) is 7.11 Å². The molecule has 2 heterocycles. The Bertz CT molecular complexity index is 1170. The molecule has 2 aromatic heterocycles. The maximum Gasteiger partial charge on any atom is 0.255 e. The van der Waals surface area contributed by atoms with Gasteiger partial charge in [0, 0.05) is 23.6 Å². The Labute approximate surface area is 176 Å². The number of methoxy groups -OCH3 is 1. The number of hydrogen-bond donors (Lipinski definition) is 1. The van der Waals surface area contributed by atoms with Crippen LogP contribution in [0.1, 0.15) is 28.7 Å². The third-order valence-electron chi connectivity index (χ3n) is 4.43. The maximum atomic E-state index is 12.5. The number of halogens is 1. The molecule has 0 saturated heterocycles. The number of rotatable bonds is 6. The number of benzene rings is 2. The van der Waals surface area contributed by atoms with Crippen molar-refractivity contribution in [1.29, 1.82) is 0 Å². The van der Waals surface area contributed by atoms with Crippen LogP contribution < -0.4 is 10.1 Å². The molecule has 2 aromatic carbocycles. The first-order valence-electron chi connectivity index (χ1n) is 9.01. The first-order valence-corrected chi connectivity index (χ1v) is 10.2. The summed E-state index contributed by atoms with van der Waals surface area (Å²) in [6.07, 6.45) is 0.778. The van der Waals surface area contributed by atoms with Crippen LogP contribution in [-0.2, 0) is 13.0 Å². The largest absolute Gasteiger partial charge is 0.496 e. The SMILES string of the molecule is CCc1nnc2sc(-c3ccc(CNC(=O)c4cc(Cl)ccc4OC)cc3)nn12. The molecule has 1 amide bonds. The van der Waals surface area contributed by atoms with E-state index < -0.39 is 0 Å². The molecule has 0 bridgehead atoms. The Balaban J connectivity index is 1.46. The van der Waals surface area contributed by atoms with Gasteiger partial charge in [0.05, 0.1) is 12.7 Å². The minimum Gasteiger partial charge on any atom is -0.496 e. The number of fused-ring (bicyclic) bond motifs is 1. The molecule has 0 aliphatic rings. The average Bonchev–Trinajstić information content (AvgIpc) is 3.33. The lowest BCUT2D eigenvalue weighted by Crippen LogP contribution is -2.23. The lowest BCUT2D eigenvalue weighted by Gasteiger charge is -2.10. The summed E-state index contributed by atoms with van der Waals surface area (Å²) in [4.78, 5) is 13.3. The zero-order valence-electron chi connectivity index (χ0n) is 15.8. The lowest BCUT2D eigenvalue weighted by molar-refractivity contribution is 0.0948. The average molecular weight is 428 g/mol. The Morgan fingerprint density at radius 3 is 2.72 bits per heavy atom. The highest BCUT2D eigenvalue weighted by molar-refractivity contribution is 7.19. The van der Waals surface area contributed by atoms with Gasteiger partial charge in [-0.2, -0.15) is 9.61 Å². The minimum absolute atomic E-state index is 0.242. The quantitative estimate of drug-likeness (QED) is 0.502. The fraction of sp³-hybridized carbons (Fsp3) is 0.200. The molecule has 0 aliphatic heterocycles. The van der Waals surface area contributed by atoms with Crippen LogP contribution in [0.4, 0.5) is 0 Å². The van der Waals surface area contributed by atoms with Crippen LogP contribution >= 0.6 is 22.9 Å². The van der Waals surface area contributed by atoms with Crippen LogP contribution in [0.25, 0.3) is 15.5 Å². The number of carbonyl (C=O) groups is 1. The van der Waals surface area contributed by atoms with Crippen molar-refractivity contribution in [3.8, 4) is 16.3 Å². The van der Waals surface area contributed by atoms with Crippen molar-refractivity contribution in [2.24, 2.45) is 0 Å². The number of aryl methyl sites for hydroxylation is 1. The highest BCUT2D eigenvalue weighted by atomic mass is 35.5. The van der Waals surface area contributed by atoms with Crippen molar-refractivity contribution in [3.05, 3.63) is 64.4 Å². The maximum absolute atomic E-state index is 12.5. The van der Waals surface area contributed by atoms with Crippen molar-refractivity contribution >= 4 is 33.8 Å². The molecule has 0 radical (unpaired) electrons. The smallest absolute Gasteiger partial charge is 0.255 e. The second kappa shape index (κ2) is 8.18. The highest BCUT2D eigenvalue weighted by Gasteiger charge is 2.14. The van der Waals surface area contributed by atoms with Crippen LogP contribution in [0.2, 0.25) is 5.02 Å². The summed E-state index contributed by atoms with van der Waals surface area (Å²) in [6.45, 7) is 2.41. The van der Waals surface area contributed by atoms with Crippen molar-refractivity contribution in [2.45, 2.75) is 19.9 Å². The van der Waals surface area contributed by atoms with Crippen molar-refractivity contribution < 1.29 is 9.53 Å². The van der Waals surface area contributed by atoms with E-state index in [1.807, 2.05) is 31.2 Å². The molecule has 0 spiro atoms. The number of nitrogens with zero attached hydrogens (tertiary/aromatic N) is 4. The fourth-order valence-corrected chi connectivity index (χ4v) is 3.93. The van der Waals surface area contributed by atoms with Gasteiger partial charge >= 0.3 is 0 Å². The van der Waals surface area contributed by atoms with E-state index in [-0.39, 0.29) is 5.91 Å². The molecule has 9 heteroatoms. The second-order valence-electron chi connectivity index (χ2n) is 6.30. The van der Waals surface area contributed by atoms with Gasteiger partial charge in [0.2, 0.25) is 4.96 Å². The van der Waals surface area contributed by atoms with Gasteiger partial charge in [0.25, 0.3) is 5.91 Å². The first kappa shape index (κ1) is 19.4. The minimum atomic E-state index is -0.242. The lowest BCUT2D eigenvalue weighted by atomic mass is 10.1. The monoisotopic (exact) mass is 427 g/mol. The molecule has 0 aliphatic carbocycles. The molecule has 29 heavy (non-hydrogen) atoms. The van der Waals surface area contributed by atoms with Gasteiger partial charge in [0.15, 0.2) is 5.82 Å². The number of aromatic nitrogens is 4. The predicted molar refractivity (Wildman–Crippen MR) is 113 cm³/mol. The summed E-state index contributed by atoms with van der Waals surface area (Å²) in [6, 6.07) is 12.9. The van der Waals surface area contributed by atoms with Crippen LogP contribution in [-0.4, -0.2) is 32.8 Å². The zero-order valence-corrected chi connectivity index (χ0v) is 17.4. The van der Waals surface area contributed by atoms with E-state index in [4.69, 9.17) is 16.3 Å². The van der Waals surface area contributed by atoms with E-state index in [2.05, 4.69) is 20.6 Å². The summed E-state index contributed by atoms with van der Waals surface area (Å²) in [5.41, 5.74) is 2.37. The number of amides is 1. The molecular weight excluding hydrogens is 410 g/mol. The molecule has 0 atom stereocenters. The normalized spacial score (nSPS) is 11.0. The number of hydrogen-bond acceptors (Lipinski definition) is 6. The zero-order chi connectivity index (χ0) is 20.4. The third kappa shape index (κ3) is 3.94. The van der Waals surface area contributed by atoms with Gasteiger partial charge in [0.1, 0.15) is 10.8 Å². The van der Waals surface area contributed by atoms with Crippen LogP contribution in [0.5, 0.6) is 5.75 Å². The van der Waals surface area contributed by atoms with Gasteiger partial charge < -0.3 is 10.1 Å². The molecule has 7 nitrogen and oxygen atoms in total. The van der Waals surface area contributed by atoms with Crippen LogP contribution in [0, 0.1) is 0 Å². The Morgan fingerprint density at radius 1 is 1.21 bits per heavy atom. The Hall–Kier alpha value is -2.97. The molecule has 0 fully saturated rings. The Morgan fingerprint density at radius 2 is 2.00 bits per heavy atom. The molecule has 4 aromatic rings. The molecule has 4 rings (SSSR count). The number of carbonyl (C=O) groups excluding carboxylic acids is 1. The Kier molecular flexibility index (Phi) is 5.46. The summed E-state index contributed by atoms with van der Waals surface area (Å²) in [5, 5.41) is 17.1. The molecule has 148 valence electrons. The van der Waals surface area contributed by atoms with E-state index in [1.54, 1.807) is 22.7 Å². The van der Waals surface area contributed by atoms with Crippen molar-refractivity contribution in [1.82, 2.24) is 25.1 Å². The van der Waals surface area contributed by atoms with E-state index in [9.17, 15) is 4.79 Å². The summed E-state index contributed by atoms with van der Waals surface area (Å²) in [7, 11) is 1.52. The van der Waals surface area contributed by atoms with Gasteiger partial charge in [-0.1, -0.05) is 54.1 Å². The molecular formula is C20H18ClN5O2S. The molecule has 0 unspecified atom stereocenters. The van der Waals surface area contributed by atoms with E-state index in [0.29, 0.717) is 22.9 Å². The third-order valence-corrected chi connectivity index (χ3v) is 5.61. The standard InChI is InChI=1S/C20H18ClN5O2S/c1-3-17-23-24-20-26(17)25-19(29-20)13-6-4-12(5-7-13)11-22-18(27)15-10-14(21)8-9-16(15)28-2/h4-10H,3,11H2,1-2H3,(H,22,27). The van der Waals surface area contributed by atoms with Crippen molar-refractivity contribution in [3.63, 3.8) is 0 Å². The summed E-state index contributed by atoms with van der Waals surface area (Å²) >= 11 is 7.50. The van der Waals surface area contributed by atoms with Gasteiger partial charge in [-0.25, -0.2) is 0 Å². The second-order valence-corrected chi connectivity index (χ2v) is 7.69. The molecule has 0 saturated carbocycles. The van der Waals surface area contributed by atoms with Gasteiger partial charge in [-0.05, 0) is 23.8 Å². The van der Waals surface area contributed by atoms with E-state index in [0.717, 1.165) is 33.3 Å². The molecule has 1 N–H and O–H groups in total. The van der Waals surface area contributed by atoms with E-state index in [1.165, 1.54) is 18.4 Å². The van der Waals surface area contributed by atoms with Gasteiger partial charge in [-0.3, -0.25) is 4.79 Å². The van der Waals surface area contributed by atoms with Gasteiger partial charge in [-0.15, -0.1) is 10.2 Å². The fourth-order valence-electron chi connectivity index (χ4n) is 2.89. The number of nitrogens with one attached hydrogen (secondary N) is 1. The predicted octanol–water partition coefficient (Wildman–Crippen LogP) is 4.01. The summed E-state index contributed by atoms with van der Waals surface area (Å²) < 4.78 is 7.02. The van der Waals surface area contributed by atoms with Crippen LogP contribution in [0.3, 0.4) is 0 Å². The highest BCUT2D eigenvalue weighted by Crippen LogP contribution is 2.26. The topological polar surface area (TPSA) is 81.4 Å². The first-order chi connectivity index (χ1) is 14.1.